The zero-order valence-corrected chi connectivity index (χ0v) is 11.4. The van der Waals surface area contributed by atoms with E-state index in [0.717, 1.165) is 25.7 Å². The minimum atomic E-state index is -0.706. The Balaban J connectivity index is 1.75. The summed E-state index contributed by atoms with van der Waals surface area (Å²) in [6.45, 7) is 2.66. The molecule has 2 fully saturated rings. The average molecular weight is 269 g/mol. The van der Waals surface area contributed by atoms with E-state index in [1.807, 2.05) is 6.92 Å². The van der Waals surface area contributed by atoms with Crippen LogP contribution in [0, 0.1) is 11.8 Å². The smallest absolute Gasteiger partial charge is 0.306 e. The van der Waals surface area contributed by atoms with Crippen LogP contribution in [0.4, 0.5) is 0 Å². The number of amides is 1. The lowest BCUT2D eigenvalue weighted by atomic mass is 9.85. The van der Waals surface area contributed by atoms with E-state index in [4.69, 9.17) is 9.84 Å². The van der Waals surface area contributed by atoms with Crippen LogP contribution in [0.25, 0.3) is 0 Å². The number of carboxylic acids is 1. The molecular formula is C14H23NO4. The molecule has 5 heteroatoms. The van der Waals surface area contributed by atoms with Gasteiger partial charge < -0.3 is 15.2 Å². The molecule has 0 bridgehead atoms. The fraction of sp³-hybridized carbons (Fsp3) is 0.857. The predicted molar refractivity (Wildman–Crippen MR) is 69.7 cm³/mol. The highest BCUT2D eigenvalue weighted by Gasteiger charge is 2.30. The van der Waals surface area contributed by atoms with Crippen LogP contribution in [-0.2, 0) is 14.3 Å². The van der Waals surface area contributed by atoms with Gasteiger partial charge in [0.1, 0.15) is 0 Å². The standard InChI is InChI=1S/C14H23NO4/c1-9-8-11(6-7-19-9)13(16)15-12-4-2-10(3-5-12)14(17)18/h9-12H,2-8H2,1H3,(H,15,16)(H,17,18). The lowest BCUT2D eigenvalue weighted by molar-refractivity contribution is -0.142. The topological polar surface area (TPSA) is 75.6 Å². The number of rotatable bonds is 3. The number of carbonyl (C=O) groups is 2. The summed E-state index contributed by atoms with van der Waals surface area (Å²) in [7, 11) is 0. The van der Waals surface area contributed by atoms with Crippen molar-refractivity contribution >= 4 is 11.9 Å². The molecule has 0 aromatic rings. The summed E-state index contributed by atoms with van der Waals surface area (Å²) in [6.07, 6.45) is 4.64. The number of hydrogen-bond donors (Lipinski definition) is 2. The fourth-order valence-corrected chi connectivity index (χ4v) is 3.04. The first-order valence-electron chi connectivity index (χ1n) is 7.21. The van der Waals surface area contributed by atoms with Crippen molar-refractivity contribution < 1.29 is 19.4 Å². The third-order valence-corrected chi connectivity index (χ3v) is 4.28. The Labute approximate surface area is 113 Å². The van der Waals surface area contributed by atoms with Gasteiger partial charge in [-0.25, -0.2) is 0 Å². The molecule has 1 heterocycles. The summed E-state index contributed by atoms with van der Waals surface area (Å²) in [6, 6.07) is 0.154. The van der Waals surface area contributed by atoms with E-state index >= 15 is 0 Å². The zero-order valence-electron chi connectivity index (χ0n) is 11.4. The van der Waals surface area contributed by atoms with E-state index in [-0.39, 0.29) is 29.9 Å². The van der Waals surface area contributed by atoms with Crippen LogP contribution in [0.1, 0.15) is 45.4 Å². The van der Waals surface area contributed by atoms with Crippen molar-refractivity contribution in [1.82, 2.24) is 5.32 Å². The number of ether oxygens (including phenoxy) is 1. The first-order chi connectivity index (χ1) is 9.06. The zero-order chi connectivity index (χ0) is 13.8. The average Bonchev–Trinajstić information content (AvgIpc) is 2.39. The maximum Gasteiger partial charge on any atom is 0.306 e. The van der Waals surface area contributed by atoms with Crippen LogP contribution in [0.15, 0.2) is 0 Å². The van der Waals surface area contributed by atoms with E-state index in [1.54, 1.807) is 0 Å². The molecule has 0 radical (unpaired) electrons. The van der Waals surface area contributed by atoms with E-state index in [1.165, 1.54) is 0 Å². The maximum absolute atomic E-state index is 12.1. The molecule has 1 saturated heterocycles. The Morgan fingerprint density at radius 1 is 1.11 bits per heavy atom. The van der Waals surface area contributed by atoms with Gasteiger partial charge in [0.05, 0.1) is 12.0 Å². The van der Waals surface area contributed by atoms with Crippen LogP contribution in [0.3, 0.4) is 0 Å². The van der Waals surface area contributed by atoms with Gasteiger partial charge in [0.25, 0.3) is 0 Å². The van der Waals surface area contributed by atoms with Gasteiger partial charge in [-0.3, -0.25) is 9.59 Å². The minimum absolute atomic E-state index is 0.0564. The summed E-state index contributed by atoms with van der Waals surface area (Å²) in [4.78, 5) is 23.0. The Morgan fingerprint density at radius 2 is 1.79 bits per heavy atom. The highest BCUT2D eigenvalue weighted by Crippen LogP contribution is 2.26. The normalized spacial score (nSPS) is 35.6. The molecule has 2 aliphatic rings. The molecule has 2 N–H and O–H groups in total. The molecule has 5 nitrogen and oxygen atoms in total. The van der Waals surface area contributed by atoms with E-state index in [2.05, 4.69) is 5.32 Å². The fourth-order valence-electron chi connectivity index (χ4n) is 3.04. The summed E-state index contributed by atoms with van der Waals surface area (Å²) in [5.41, 5.74) is 0. The van der Waals surface area contributed by atoms with E-state index < -0.39 is 5.97 Å². The molecule has 0 spiro atoms. The highest BCUT2D eigenvalue weighted by molar-refractivity contribution is 5.79. The van der Waals surface area contributed by atoms with Gasteiger partial charge in [0, 0.05) is 18.6 Å². The summed E-state index contributed by atoms with van der Waals surface area (Å²) >= 11 is 0. The second-order valence-electron chi connectivity index (χ2n) is 5.80. The Hall–Kier alpha value is -1.10. The van der Waals surface area contributed by atoms with Crippen LogP contribution in [-0.4, -0.2) is 35.7 Å². The molecule has 1 amide bonds. The summed E-state index contributed by atoms with van der Waals surface area (Å²) < 4.78 is 5.44. The maximum atomic E-state index is 12.1. The molecule has 1 aliphatic carbocycles. The van der Waals surface area contributed by atoms with Gasteiger partial charge in [0.2, 0.25) is 5.91 Å². The SMILES string of the molecule is CC1CC(C(=O)NC2CCC(C(=O)O)CC2)CCO1. The number of carbonyl (C=O) groups excluding carboxylic acids is 1. The molecule has 1 saturated carbocycles. The van der Waals surface area contributed by atoms with Crippen molar-refractivity contribution in [1.29, 1.82) is 0 Å². The van der Waals surface area contributed by atoms with E-state index in [9.17, 15) is 9.59 Å². The van der Waals surface area contributed by atoms with Crippen molar-refractivity contribution in [2.24, 2.45) is 11.8 Å². The highest BCUT2D eigenvalue weighted by atomic mass is 16.5. The molecule has 0 aromatic carbocycles. The Bertz CT molecular complexity index is 336. The molecule has 108 valence electrons. The van der Waals surface area contributed by atoms with Crippen molar-refractivity contribution in [3.8, 4) is 0 Å². The first-order valence-corrected chi connectivity index (χ1v) is 7.21. The number of hydrogen-bond acceptors (Lipinski definition) is 3. The van der Waals surface area contributed by atoms with Crippen molar-refractivity contribution in [3.05, 3.63) is 0 Å². The van der Waals surface area contributed by atoms with Crippen molar-refractivity contribution in [2.75, 3.05) is 6.61 Å². The monoisotopic (exact) mass is 269 g/mol. The molecule has 2 atom stereocenters. The third kappa shape index (κ3) is 3.93. The number of aliphatic carboxylic acids is 1. The lowest BCUT2D eigenvalue weighted by Crippen LogP contribution is -2.43. The van der Waals surface area contributed by atoms with E-state index in [0.29, 0.717) is 19.4 Å². The predicted octanol–water partition coefficient (Wildman–Crippen LogP) is 1.56. The van der Waals surface area contributed by atoms with Gasteiger partial charge in [-0.2, -0.15) is 0 Å². The third-order valence-electron chi connectivity index (χ3n) is 4.28. The summed E-state index contributed by atoms with van der Waals surface area (Å²) in [5.74, 6) is -0.755. The second kappa shape index (κ2) is 6.37. The van der Waals surface area contributed by atoms with Gasteiger partial charge in [-0.05, 0) is 45.4 Å². The van der Waals surface area contributed by atoms with Crippen molar-refractivity contribution in [3.63, 3.8) is 0 Å². The second-order valence-corrected chi connectivity index (χ2v) is 5.80. The first kappa shape index (κ1) is 14.3. The Morgan fingerprint density at radius 3 is 2.37 bits per heavy atom. The molecule has 1 aliphatic heterocycles. The van der Waals surface area contributed by atoms with Crippen LogP contribution < -0.4 is 5.32 Å². The Kier molecular flexibility index (Phi) is 4.80. The molecule has 2 unspecified atom stereocenters. The van der Waals surface area contributed by atoms with Gasteiger partial charge in [0.15, 0.2) is 0 Å². The number of nitrogens with one attached hydrogen (secondary N) is 1. The van der Waals surface area contributed by atoms with Gasteiger partial charge >= 0.3 is 5.97 Å². The molecule has 0 aromatic heterocycles. The molecule has 19 heavy (non-hydrogen) atoms. The van der Waals surface area contributed by atoms with Gasteiger partial charge in [-0.15, -0.1) is 0 Å². The lowest BCUT2D eigenvalue weighted by Gasteiger charge is -2.31. The summed E-state index contributed by atoms with van der Waals surface area (Å²) in [5, 5.41) is 12.0. The van der Waals surface area contributed by atoms with Gasteiger partial charge in [-0.1, -0.05) is 0 Å². The van der Waals surface area contributed by atoms with Crippen LogP contribution in [0.5, 0.6) is 0 Å². The van der Waals surface area contributed by atoms with Crippen LogP contribution >= 0.6 is 0 Å². The van der Waals surface area contributed by atoms with Crippen molar-refractivity contribution in [2.45, 2.75) is 57.6 Å². The largest absolute Gasteiger partial charge is 0.481 e. The quantitative estimate of drug-likeness (QED) is 0.815. The number of carboxylic acid groups (broad SMARTS) is 1. The molecular weight excluding hydrogens is 246 g/mol. The van der Waals surface area contributed by atoms with Crippen LogP contribution in [0.2, 0.25) is 0 Å². The minimum Gasteiger partial charge on any atom is -0.481 e. The molecule has 2 rings (SSSR count).